The number of nitrogens with zero attached hydrogens (tertiary/aromatic N) is 3. The van der Waals surface area contributed by atoms with Crippen LogP contribution in [-0.4, -0.2) is 52.0 Å². The quantitative estimate of drug-likeness (QED) is 0.917. The zero-order chi connectivity index (χ0) is 14.7. The van der Waals surface area contributed by atoms with Crippen molar-refractivity contribution in [1.29, 1.82) is 0 Å². The third-order valence-corrected chi connectivity index (χ3v) is 4.76. The van der Waals surface area contributed by atoms with Gasteiger partial charge in [0.2, 0.25) is 0 Å². The van der Waals surface area contributed by atoms with Crippen molar-refractivity contribution >= 4 is 0 Å². The van der Waals surface area contributed by atoms with Crippen molar-refractivity contribution < 1.29 is 0 Å². The van der Waals surface area contributed by atoms with Gasteiger partial charge in [-0.3, -0.25) is 14.6 Å². The van der Waals surface area contributed by atoms with Crippen LogP contribution in [0.4, 0.5) is 0 Å². The van der Waals surface area contributed by atoms with Gasteiger partial charge in [0.1, 0.15) is 5.82 Å². The Morgan fingerprint density at radius 2 is 2.00 bits per heavy atom. The number of nitrogens with one attached hydrogen (secondary N) is 1. The van der Waals surface area contributed by atoms with Gasteiger partial charge in [-0.2, -0.15) is 0 Å². The van der Waals surface area contributed by atoms with Crippen molar-refractivity contribution in [3.05, 3.63) is 27.9 Å². The SMILES string of the molecule is Cc1nc(CN2CCCN(C3CCCC3)CC2)cc(=O)[nH]1. The summed E-state index contributed by atoms with van der Waals surface area (Å²) in [5, 5.41) is 0. The second kappa shape index (κ2) is 6.71. The second-order valence-corrected chi connectivity index (χ2v) is 6.43. The fourth-order valence-electron chi connectivity index (χ4n) is 3.73. The molecule has 0 bridgehead atoms. The van der Waals surface area contributed by atoms with Crippen LogP contribution in [0.25, 0.3) is 0 Å². The molecule has 1 aromatic heterocycles. The Kier molecular flexibility index (Phi) is 4.70. The average molecular weight is 290 g/mol. The lowest BCUT2D eigenvalue weighted by atomic mass is 10.2. The Balaban J connectivity index is 1.58. The smallest absolute Gasteiger partial charge is 0.251 e. The predicted molar refractivity (Wildman–Crippen MR) is 83.3 cm³/mol. The highest BCUT2D eigenvalue weighted by atomic mass is 16.1. The average Bonchev–Trinajstić information content (AvgIpc) is 2.86. The molecule has 1 aliphatic carbocycles. The van der Waals surface area contributed by atoms with Crippen LogP contribution >= 0.6 is 0 Å². The van der Waals surface area contributed by atoms with Crippen LogP contribution in [0.5, 0.6) is 0 Å². The molecule has 2 aliphatic rings. The lowest BCUT2D eigenvalue weighted by Crippen LogP contribution is -2.36. The number of rotatable bonds is 3. The zero-order valence-electron chi connectivity index (χ0n) is 13.0. The van der Waals surface area contributed by atoms with Crippen LogP contribution in [0.3, 0.4) is 0 Å². The van der Waals surface area contributed by atoms with Crippen LogP contribution in [-0.2, 0) is 6.54 Å². The predicted octanol–water partition coefficient (Wildman–Crippen LogP) is 1.53. The monoisotopic (exact) mass is 290 g/mol. The maximum absolute atomic E-state index is 11.5. The molecule has 5 heteroatoms. The van der Waals surface area contributed by atoms with Gasteiger partial charge < -0.3 is 4.98 Å². The van der Waals surface area contributed by atoms with E-state index in [0.717, 1.165) is 37.9 Å². The first-order valence-corrected chi connectivity index (χ1v) is 8.24. The van der Waals surface area contributed by atoms with Crippen molar-refractivity contribution in [3.8, 4) is 0 Å². The summed E-state index contributed by atoms with van der Waals surface area (Å²) in [6.07, 6.45) is 6.80. The van der Waals surface area contributed by atoms with Crippen LogP contribution in [0.15, 0.2) is 10.9 Å². The van der Waals surface area contributed by atoms with Gasteiger partial charge in [-0.25, -0.2) is 4.98 Å². The maximum atomic E-state index is 11.5. The van der Waals surface area contributed by atoms with E-state index in [1.165, 1.54) is 38.6 Å². The fraction of sp³-hybridized carbons (Fsp3) is 0.750. The first-order chi connectivity index (χ1) is 10.2. The summed E-state index contributed by atoms with van der Waals surface area (Å²) < 4.78 is 0. The fourth-order valence-corrected chi connectivity index (χ4v) is 3.73. The first-order valence-electron chi connectivity index (χ1n) is 8.24. The molecule has 1 aromatic rings. The van der Waals surface area contributed by atoms with Crippen LogP contribution < -0.4 is 5.56 Å². The van der Waals surface area contributed by atoms with Crippen LogP contribution in [0, 0.1) is 6.92 Å². The summed E-state index contributed by atoms with van der Waals surface area (Å²) in [5.41, 5.74) is 0.852. The van der Waals surface area contributed by atoms with E-state index >= 15 is 0 Å². The van der Waals surface area contributed by atoms with E-state index in [0.29, 0.717) is 5.82 Å². The summed E-state index contributed by atoms with van der Waals surface area (Å²) in [7, 11) is 0. The molecule has 1 saturated heterocycles. The van der Waals surface area contributed by atoms with Crippen LogP contribution in [0.1, 0.15) is 43.6 Å². The topological polar surface area (TPSA) is 52.2 Å². The lowest BCUT2D eigenvalue weighted by Gasteiger charge is -2.27. The molecule has 116 valence electrons. The highest BCUT2D eigenvalue weighted by Gasteiger charge is 2.24. The minimum atomic E-state index is -0.0418. The van der Waals surface area contributed by atoms with Gasteiger partial charge in [-0.15, -0.1) is 0 Å². The summed E-state index contributed by atoms with van der Waals surface area (Å²) in [4.78, 5) is 23.8. The summed E-state index contributed by atoms with van der Waals surface area (Å²) >= 11 is 0. The molecule has 2 heterocycles. The summed E-state index contributed by atoms with van der Waals surface area (Å²) in [6, 6.07) is 2.46. The number of aromatic amines is 1. The molecule has 1 N–H and O–H groups in total. The van der Waals surface area contributed by atoms with E-state index in [-0.39, 0.29) is 5.56 Å². The third kappa shape index (κ3) is 3.92. The Morgan fingerprint density at radius 3 is 2.76 bits per heavy atom. The highest BCUT2D eigenvalue weighted by Crippen LogP contribution is 2.24. The van der Waals surface area contributed by atoms with Crippen molar-refractivity contribution in [2.45, 2.75) is 51.6 Å². The lowest BCUT2D eigenvalue weighted by molar-refractivity contribution is 0.198. The van der Waals surface area contributed by atoms with E-state index in [1.807, 2.05) is 6.92 Å². The summed E-state index contributed by atoms with van der Waals surface area (Å²) in [6.45, 7) is 7.22. The zero-order valence-corrected chi connectivity index (χ0v) is 13.0. The van der Waals surface area contributed by atoms with E-state index in [1.54, 1.807) is 6.07 Å². The Morgan fingerprint density at radius 1 is 1.19 bits per heavy atom. The van der Waals surface area contributed by atoms with E-state index < -0.39 is 0 Å². The van der Waals surface area contributed by atoms with Gasteiger partial charge in [-0.1, -0.05) is 12.8 Å². The molecule has 3 rings (SSSR count). The third-order valence-electron chi connectivity index (χ3n) is 4.76. The highest BCUT2D eigenvalue weighted by molar-refractivity contribution is 5.02. The van der Waals surface area contributed by atoms with E-state index in [9.17, 15) is 4.79 Å². The normalized spacial score (nSPS) is 22.5. The van der Waals surface area contributed by atoms with Gasteiger partial charge in [0.05, 0.1) is 5.69 Å². The second-order valence-electron chi connectivity index (χ2n) is 6.43. The molecule has 0 aromatic carbocycles. The van der Waals surface area contributed by atoms with Crippen molar-refractivity contribution in [1.82, 2.24) is 19.8 Å². The van der Waals surface area contributed by atoms with Crippen molar-refractivity contribution in [3.63, 3.8) is 0 Å². The number of aryl methyl sites for hydroxylation is 1. The Bertz CT molecular complexity index is 521. The number of hydrogen-bond donors (Lipinski definition) is 1. The number of aromatic nitrogens is 2. The molecular formula is C16H26N4O. The minimum Gasteiger partial charge on any atom is -0.311 e. The van der Waals surface area contributed by atoms with E-state index in [2.05, 4.69) is 19.8 Å². The molecule has 0 unspecified atom stereocenters. The molecule has 0 spiro atoms. The molecule has 21 heavy (non-hydrogen) atoms. The van der Waals surface area contributed by atoms with Crippen molar-refractivity contribution in [2.24, 2.45) is 0 Å². The van der Waals surface area contributed by atoms with Crippen molar-refractivity contribution in [2.75, 3.05) is 26.2 Å². The Labute approximate surface area is 126 Å². The molecule has 5 nitrogen and oxygen atoms in total. The largest absolute Gasteiger partial charge is 0.311 e. The van der Waals surface area contributed by atoms with Crippen LogP contribution in [0.2, 0.25) is 0 Å². The molecule has 0 atom stereocenters. The molecule has 2 fully saturated rings. The number of hydrogen-bond acceptors (Lipinski definition) is 4. The minimum absolute atomic E-state index is 0.0418. The maximum Gasteiger partial charge on any atom is 0.251 e. The standard InChI is InChI=1S/C16H26N4O/c1-13-17-14(11-16(21)18-13)12-19-7-4-8-20(10-9-19)15-5-2-3-6-15/h11,15H,2-10,12H2,1H3,(H,17,18,21). The van der Waals surface area contributed by atoms with E-state index in [4.69, 9.17) is 0 Å². The molecule has 1 saturated carbocycles. The molecule has 0 amide bonds. The molecule has 1 aliphatic heterocycles. The Hall–Kier alpha value is -1.20. The molecule has 0 radical (unpaired) electrons. The summed E-state index contributed by atoms with van der Waals surface area (Å²) in [5.74, 6) is 0.708. The number of H-pyrrole nitrogens is 1. The first kappa shape index (κ1) is 14.7. The van der Waals surface area contributed by atoms with Gasteiger partial charge in [-0.05, 0) is 39.3 Å². The van der Waals surface area contributed by atoms with Gasteiger partial charge in [0, 0.05) is 31.7 Å². The van der Waals surface area contributed by atoms with Gasteiger partial charge in [0.25, 0.3) is 5.56 Å². The molecular weight excluding hydrogens is 264 g/mol. The van der Waals surface area contributed by atoms with Gasteiger partial charge >= 0.3 is 0 Å². The van der Waals surface area contributed by atoms with Gasteiger partial charge in [0.15, 0.2) is 0 Å².